The summed E-state index contributed by atoms with van der Waals surface area (Å²) < 4.78 is 11.8. The van der Waals surface area contributed by atoms with E-state index in [2.05, 4.69) is 15.9 Å². The summed E-state index contributed by atoms with van der Waals surface area (Å²) in [5.41, 5.74) is 1.56. The van der Waals surface area contributed by atoms with Crippen LogP contribution in [0.15, 0.2) is 46.9 Å². The molecule has 0 aliphatic rings. The Balaban J connectivity index is 2.20. The third-order valence-electron chi connectivity index (χ3n) is 3.00. The number of halogens is 2. The standard InChI is InChI=1S/C17H14BrClO4/c1-22-15-5-2-11(3-7-17(20)21)8-12(15)10-23-16-6-4-13(19)9-14(16)18/h2-9H,10H2,1H3,(H,20,21)/b7-3+. The highest BCUT2D eigenvalue weighted by molar-refractivity contribution is 9.10. The number of rotatable bonds is 6. The molecule has 0 saturated carbocycles. The van der Waals surface area contributed by atoms with Gasteiger partial charge in [-0.25, -0.2) is 4.79 Å². The molecular formula is C17H14BrClO4. The largest absolute Gasteiger partial charge is 0.496 e. The molecule has 2 rings (SSSR count). The number of ether oxygens (including phenoxy) is 2. The topological polar surface area (TPSA) is 55.8 Å². The molecule has 0 atom stereocenters. The number of carboxylic acids is 1. The molecule has 0 aliphatic heterocycles. The van der Waals surface area contributed by atoms with Crippen LogP contribution in [0, 0.1) is 0 Å². The summed E-state index contributed by atoms with van der Waals surface area (Å²) in [7, 11) is 1.57. The van der Waals surface area contributed by atoms with Gasteiger partial charge in [-0.1, -0.05) is 17.7 Å². The Hall–Kier alpha value is -1.98. The maximum absolute atomic E-state index is 10.6. The fraction of sp³-hybridized carbons (Fsp3) is 0.118. The van der Waals surface area contributed by atoms with Crippen LogP contribution in [0.25, 0.3) is 6.08 Å². The lowest BCUT2D eigenvalue weighted by atomic mass is 10.1. The third kappa shape index (κ3) is 5.01. The van der Waals surface area contributed by atoms with E-state index in [0.717, 1.165) is 21.7 Å². The van der Waals surface area contributed by atoms with Crippen molar-refractivity contribution in [3.05, 3.63) is 63.1 Å². The van der Waals surface area contributed by atoms with E-state index < -0.39 is 5.97 Å². The minimum Gasteiger partial charge on any atom is -0.496 e. The van der Waals surface area contributed by atoms with Crippen LogP contribution in [0.4, 0.5) is 0 Å². The van der Waals surface area contributed by atoms with Gasteiger partial charge >= 0.3 is 5.97 Å². The maximum atomic E-state index is 10.6. The zero-order chi connectivity index (χ0) is 16.8. The third-order valence-corrected chi connectivity index (χ3v) is 3.85. The number of benzene rings is 2. The molecule has 0 fully saturated rings. The second-order valence-corrected chi connectivity index (χ2v) is 5.90. The first kappa shape index (κ1) is 17.4. The summed E-state index contributed by atoms with van der Waals surface area (Å²) in [4.78, 5) is 10.6. The van der Waals surface area contributed by atoms with Crippen molar-refractivity contribution in [1.82, 2.24) is 0 Å². The van der Waals surface area contributed by atoms with Gasteiger partial charge in [0.25, 0.3) is 0 Å². The SMILES string of the molecule is COc1ccc(/C=C/C(=O)O)cc1COc1ccc(Cl)cc1Br. The molecule has 1 N–H and O–H groups in total. The van der Waals surface area contributed by atoms with Gasteiger partial charge in [0.2, 0.25) is 0 Å². The molecule has 0 radical (unpaired) electrons. The summed E-state index contributed by atoms with van der Waals surface area (Å²) in [5.74, 6) is 0.328. The van der Waals surface area contributed by atoms with Crippen molar-refractivity contribution in [2.24, 2.45) is 0 Å². The molecule has 23 heavy (non-hydrogen) atoms. The molecule has 120 valence electrons. The van der Waals surface area contributed by atoms with Crippen LogP contribution < -0.4 is 9.47 Å². The molecular weight excluding hydrogens is 384 g/mol. The molecule has 2 aromatic rings. The Morgan fingerprint density at radius 1 is 1.26 bits per heavy atom. The van der Waals surface area contributed by atoms with E-state index in [4.69, 9.17) is 26.2 Å². The van der Waals surface area contributed by atoms with E-state index >= 15 is 0 Å². The molecule has 0 amide bonds. The van der Waals surface area contributed by atoms with Gasteiger partial charge in [0.15, 0.2) is 0 Å². The number of carbonyl (C=O) groups is 1. The van der Waals surface area contributed by atoms with Crippen LogP contribution in [0.3, 0.4) is 0 Å². The molecule has 4 nitrogen and oxygen atoms in total. The lowest BCUT2D eigenvalue weighted by molar-refractivity contribution is -0.131. The fourth-order valence-corrected chi connectivity index (χ4v) is 2.73. The van der Waals surface area contributed by atoms with E-state index in [-0.39, 0.29) is 6.61 Å². The first-order chi connectivity index (χ1) is 11.0. The molecule has 2 aromatic carbocycles. The number of methoxy groups -OCH3 is 1. The van der Waals surface area contributed by atoms with Gasteiger partial charge in [-0.3, -0.25) is 0 Å². The summed E-state index contributed by atoms with van der Waals surface area (Å²) in [6, 6.07) is 10.6. The summed E-state index contributed by atoms with van der Waals surface area (Å²) in [6.07, 6.45) is 2.60. The molecule has 6 heteroatoms. The van der Waals surface area contributed by atoms with E-state index in [9.17, 15) is 4.79 Å². The summed E-state index contributed by atoms with van der Waals surface area (Å²) in [6.45, 7) is 0.276. The molecule has 0 heterocycles. The van der Waals surface area contributed by atoms with Gasteiger partial charge in [0.05, 0.1) is 11.6 Å². The number of carboxylic acid groups (broad SMARTS) is 1. The molecule has 0 bridgehead atoms. The van der Waals surface area contributed by atoms with Crippen LogP contribution >= 0.6 is 27.5 Å². The zero-order valence-electron chi connectivity index (χ0n) is 12.3. The lowest BCUT2D eigenvalue weighted by Gasteiger charge is -2.12. The van der Waals surface area contributed by atoms with Crippen LogP contribution in [-0.4, -0.2) is 18.2 Å². The minimum atomic E-state index is -0.997. The van der Waals surface area contributed by atoms with E-state index in [0.29, 0.717) is 16.5 Å². The fourth-order valence-electron chi connectivity index (χ4n) is 1.93. The van der Waals surface area contributed by atoms with Crippen molar-refractivity contribution in [2.75, 3.05) is 7.11 Å². The van der Waals surface area contributed by atoms with Gasteiger partial charge < -0.3 is 14.6 Å². The van der Waals surface area contributed by atoms with Crippen molar-refractivity contribution < 1.29 is 19.4 Å². The Kier molecular flexibility index (Phi) is 6.07. The average molecular weight is 398 g/mol. The highest BCUT2D eigenvalue weighted by atomic mass is 79.9. The first-order valence-electron chi connectivity index (χ1n) is 6.65. The van der Waals surface area contributed by atoms with Crippen LogP contribution in [0.2, 0.25) is 5.02 Å². The second-order valence-electron chi connectivity index (χ2n) is 4.61. The van der Waals surface area contributed by atoms with Gasteiger partial charge in [0, 0.05) is 16.7 Å². The van der Waals surface area contributed by atoms with Crippen molar-refractivity contribution in [3.8, 4) is 11.5 Å². The van der Waals surface area contributed by atoms with Gasteiger partial charge in [-0.15, -0.1) is 0 Å². The zero-order valence-corrected chi connectivity index (χ0v) is 14.6. The molecule has 0 aromatic heterocycles. The van der Waals surface area contributed by atoms with Crippen LogP contribution in [0.5, 0.6) is 11.5 Å². The Morgan fingerprint density at radius 2 is 2.00 bits per heavy atom. The normalized spacial score (nSPS) is 10.7. The monoisotopic (exact) mass is 396 g/mol. The Bertz CT molecular complexity index is 743. The lowest BCUT2D eigenvalue weighted by Crippen LogP contribution is -2.00. The predicted molar refractivity (Wildman–Crippen MR) is 93.1 cm³/mol. The minimum absolute atomic E-state index is 0.276. The predicted octanol–water partition coefficient (Wildman–Crippen LogP) is 4.79. The van der Waals surface area contributed by atoms with Crippen LogP contribution in [0.1, 0.15) is 11.1 Å². The van der Waals surface area contributed by atoms with Crippen molar-refractivity contribution in [2.45, 2.75) is 6.61 Å². The van der Waals surface area contributed by atoms with Gasteiger partial charge in [-0.05, 0) is 57.9 Å². The molecule has 0 spiro atoms. The van der Waals surface area contributed by atoms with Crippen molar-refractivity contribution >= 4 is 39.6 Å². The van der Waals surface area contributed by atoms with Gasteiger partial charge in [0.1, 0.15) is 18.1 Å². The highest BCUT2D eigenvalue weighted by Crippen LogP contribution is 2.30. The molecule has 0 unspecified atom stereocenters. The van der Waals surface area contributed by atoms with E-state index in [1.165, 1.54) is 6.08 Å². The first-order valence-corrected chi connectivity index (χ1v) is 7.82. The highest BCUT2D eigenvalue weighted by Gasteiger charge is 2.07. The molecule has 0 aliphatic carbocycles. The smallest absolute Gasteiger partial charge is 0.328 e. The maximum Gasteiger partial charge on any atom is 0.328 e. The Morgan fingerprint density at radius 3 is 2.65 bits per heavy atom. The van der Waals surface area contributed by atoms with E-state index in [1.54, 1.807) is 37.4 Å². The average Bonchev–Trinajstić information content (AvgIpc) is 2.52. The van der Waals surface area contributed by atoms with Crippen LogP contribution in [-0.2, 0) is 11.4 Å². The molecule has 0 saturated heterocycles. The van der Waals surface area contributed by atoms with E-state index in [1.807, 2.05) is 6.07 Å². The second kappa shape index (κ2) is 8.04. The Labute approximate surface area is 147 Å². The summed E-state index contributed by atoms with van der Waals surface area (Å²) >= 11 is 9.30. The number of hydrogen-bond acceptors (Lipinski definition) is 3. The quantitative estimate of drug-likeness (QED) is 0.712. The van der Waals surface area contributed by atoms with Gasteiger partial charge in [-0.2, -0.15) is 0 Å². The van der Waals surface area contributed by atoms with Crippen molar-refractivity contribution in [1.29, 1.82) is 0 Å². The number of aliphatic carboxylic acids is 1. The number of hydrogen-bond donors (Lipinski definition) is 1. The summed E-state index contributed by atoms with van der Waals surface area (Å²) in [5, 5.41) is 9.31. The van der Waals surface area contributed by atoms with Crippen molar-refractivity contribution in [3.63, 3.8) is 0 Å².